The van der Waals surface area contributed by atoms with Gasteiger partial charge < -0.3 is 19.1 Å². The summed E-state index contributed by atoms with van der Waals surface area (Å²) in [5, 5.41) is 8.98. The molecule has 0 saturated carbocycles. The van der Waals surface area contributed by atoms with Crippen molar-refractivity contribution in [3.05, 3.63) is 11.6 Å². The Hall–Kier alpha value is -1.47. The zero-order valence-electron chi connectivity index (χ0n) is 15.9. The van der Waals surface area contributed by atoms with Crippen molar-refractivity contribution in [2.75, 3.05) is 39.8 Å². The molecule has 3 aliphatic heterocycles. The second-order valence-corrected chi connectivity index (χ2v) is 8.03. The molecule has 4 rings (SSSR count). The zero-order valence-corrected chi connectivity index (χ0v) is 15.9. The van der Waals surface area contributed by atoms with Crippen molar-refractivity contribution in [3.8, 4) is 0 Å². The van der Waals surface area contributed by atoms with Crippen LogP contribution in [0.1, 0.15) is 56.1 Å². The quantitative estimate of drug-likeness (QED) is 0.815. The third-order valence-corrected chi connectivity index (χ3v) is 6.17. The van der Waals surface area contributed by atoms with Crippen LogP contribution in [-0.2, 0) is 22.5 Å². The number of nitrogens with zero attached hydrogens (tertiary/aromatic N) is 5. The fraction of sp³-hybridized carbons (Fsp3) is 0.842. The van der Waals surface area contributed by atoms with E-state index >= 15 is 0 Å². The Morgan fingerprint density at radius 2 is 1.92 bits per heavy atom. The summed E-state index contributed by atoms with van der Waals surface area (Å²) >= 11 is 0. The number of carbonyl (C=O) groups excluding carboxylic acids is 1. The number of hydrogen-bond donors (Lipinski definition) is 0. The molecule has 26 heavy (non-hydrogen) atoms. The van der Waals surface area contributed by atoms with Gasteiger partial charge in [0.2, 0.25) is 5.91 Å². The van der Waals surface area contributed by atoms with Gasteiger partial charge in [-0.3, -0.25) is 4.79 Å². The van der Waals surface area contributed by atoms with Gasteiger partial charge in [-0.15, -0.1) is 10.2 Å². The average molecular weight is 361 g/mol. The lowest BCUT2D eigenvalue weighted by molar-refractivity contribution is -0.135. The van der Waals surface area contributed by atoms with Crippen molar-refractivity contribution in [3.63, 3.8) is 0 Å². The maximum Gasteiger partial charge on any atom is 0.225 e. The van der Waals surface area contributed by atoms with Gasteiger partial charge in [0.05, 0.1) is 12.5 Å². The molecule has 3 aliphatic rings. The predicted molar refractivity (Wildman–Crippen MR) is 98.0 cm³/mol. The van der Waals surface area contributed by atoms with Crippen LogP contribution in [-0.4, -0.2) is 76.4 Å². The van der Waals surface area contributed by atoms with Gasteiger partial charge in [0.1, 0.15) is 11.6 Å². The minimum Gasteiger partial charge on any atom is -0.378 e. The van der Waals surface area contributed by atoms with Crippen LogP contribution >= 0.6 is 0 Å². The fourth-order valence-corrected chi connectivity index (χ4v) is 4.46. The van der Waals surface area contributed by atoms with E-state index in [2.05, 4.69) is 26.7 Å². The minimum absolute atomic E-state index is 0.119. The number of piperidine rings is 1. The number of aromatic nitrogens is 3. The van der Waals surface area contributed by atoms with Crippen LogP contribution in [0.25, 0.3) is 0 Å². The summed E-state index contributed by atoms with van der Waals surface area (Å²) < 4.78 is 8.04. The molecule has 4 heterocycles. The molecular formula is C19H31N5O2. The summed E-state index contributed by atoms with van der Waals surface area (Å²) in [5.74, 6) is 2.92. The van der Waals surface area contributed by atoms with E-state index in [1.807, 2.05) is 4.90 Å². The molecule has 0 radical (unpaired) electrons. The summed E-state index contributed by atoms with van der Waals surface area (Å²) in [6.07, 6.45) is 7.08. The molecule has 1 atom stereocenters. The maximum absolute atomic E-state index is 12.7. The second kappa shape index (κ2) is 8.05. The normalized spacial score (nSPS) is 25.7. The van der Waals surface area contributed by atoms with Crippen LogP contribution < -0.4 is 0 Å². The van der Waals surface area contributed by atoms with Gasteiger partial charge in [-0.05, 0) is 52.2 Å². The summed E-state index contributed by atoms with van der Waals surface area (Å²) in [6, 6.07) is 0. The lowest BCUT2D eigenvalue weighted by Gasteiger charge is -2.28. The van der Waals surface area contributed by atoms with E-state index in [9.17, 15) is 4.79 Å². The third-order valence-electron chi connectivity index (χ3n) is 6.17. The Morgan fingerprint density at radius 3 is 2.69 bits per heavy atom. The first-order chi connectivity index (χ1) is 12.7. The van der Waals surface area contributed by atoms with Gasteiger partial charge in [0.25, 0.3) is 0 Å². The maximum atomic E-state index is 12.7. The van der Waals surface area contributed by atoms with Gasteiger partial charge in [-0.1, -0.05) is 0 Å². The van der Waals surface area contributed by atoms with Gasteiger partial charge in [-0.2, -0.15) is 0 Å². The number of likely N-dealkylation sites (tertiary alicyclic amines) is 1. The highest BCUT2D eigenvalue weighted by atomic mass is 16.5. The molecule has 1 aromatic heterocycles. The van der Waals surface area contributed by atoms with E-state index in [-0.39, 0.29) is 12.0 Å². The summed E-state index contributed by atoms with van der Waals surface area (Å²) in [7, 11) is 2.18. The van der Waals surface area contributed by atoms with Crippen molar-refractivity contribution in [1.82, 2.24) is 24.6 Å². The van der Waals surface area contributed by atoms with E-state index in [4.69, 9.17) is 4.74 Å². The molecular weight excluding hydrogens is 330 g/mol. The third kappa shape index (κ3) is 3.93. The summed E-state index contributed by atoms with van der Waals surface area (Å²) in [5.41, 5.74) is 0. The van der Waals surface area contributed by atoms with Crippen LogP contribution in [0.3, 0.4) is 0 Å². The Labute approximate surface area is 155 Å². The molecule has 0 N–H and O–H groups in total. The molecule has 2 fully saturated rings. The van der Waals surface area contributed by atoms with E-state index < -0.39 is 0 Å². The topological polar surface area (TPSA) is 63.5 Å². The standard InChI is InChI=1S/C19H31N5O2/c1-22-8-5-15(6-9-22)19-21-20-17-7-10-23(11-12-24(17)19)18(25)14-16-4-2-3-13-26-16/h15-16H,2-14H2,1H3. The summed E-state index contributed by atoms with van der Waals surface area (Å²) in [4.78, 5) is 17.1. The Bertz CT molecular complexity index is 617. The van der Waals surface area contributed by atoms with E-state index in [1.165, 1.54) is 6.42 Å². The number of ether oxygens (including phenoxy) is 1. The first-order valence-electron chi connectivity index (χ1n) is 10.2. The first kappa shape index (κ1) is 17.9. The minimum atomic E-state index is 0.119. The van der Waals surface area contributed by atoms with Gasteiger partial charge in [0.15, 0.2) is 0 Å². The van der Waals surface area contributed by atoms with Crippen molar-refractivity contribution in [1.29, 1.82) is 0 Å². The fourth-order valence-electron chi connectivity index (χ4n) is 4.46. The number of rotatable bonds is 3. The largest absolute Gasteiger partial charge is 0.378 e. The van der Waals surface area contributed by atoms with E-state index in [0.29, 0.717) is 12.3 Å². The molecule has 2 saturated heterocycles. The highest BCUT2D eigenvalue weighted by Gasteiger charge is 2.28. The Balaban J connectivity index is 1.37. The number of fused-ring (bicyclic) bond motifs is 1. The second-order valence-electron chi connectivity index (χ2n) is 8.03. The van der Waals surface area contributed by atoms with Gasteiger partial charge >= 0.3 is 0 Å². The lowest BCUT2D eigenvalue weighted by atomic mass is 9.96. The van der Waals surface area contributed by atoms with E-state index in [1.54, 1.807) is 0 Å². The molecule has 7 heteroatoms. The van der Waals surface area contributed by atoms with Crippen LogP contribution in [0.4, 0.5) is 0 Å². The molecule has 144 valence electrons. The number of carbonyl (C=O) groups is 1. The lowest BCUT2D eigenvalue weighted by Crippen LogP contribution is -2.37. The monoisotopic (exact) mass is 361 g/mol. The molecule has 1 amide bonds. The first-order valence-corrected chi connectivity index (χ1v) is 10.2. The van der Waals surface area contributed by atoms with Crippen molar-refractivity contribution >= 4 is 5.91 Å². The predicted octanol–water partition coefficient (Wildman–Crippen LogP) is 1.43. The highest BCUT2D eigenvalue weighted by molar-refractivity contribution is 5.76. The molecule has 1 aromatic rings. The SMILES string of the molecule is CN1CCC(c2nnc3n2CCN(C(=O)CC2CCCCO2)CC3)CC1. The summed E-state index contributed by atoms with van der Waals surface area (Å²) in [6.45, 7) is 5.38. The van der Waals surface area contributed by atoms with Gasteiger partial charge in [-0.25, -0.2) is 0 Å². The number of hydrogen-bond acceptors (Lipinski definition) is 5. The van der Waals surface area contributed by atoms with Crippen LogP contribution in [0.15, 0.2) is 0 Å². The van der Waals surface area contributed by atoms with Gasteiger partial charge in [0, 0.05) is 38.6 Å². The molecule has 0 bridgehead atoms. The molecule has 0 spiro atoms. The number of amides is 1. The molecule has 0 aromatic carbocycles. The van der Waals surface area contributed by atoms with Crippen molar-refractivity contribution < 1.29 is 9.53 Å². The van der Waals surface area contributed by atoms with Crippen LogP contribution in [0, 0.1) is 0 Å². The zero-order chi connectivity index (χ0) is 17.9. The average Bonchev–Trinajstić information content (AvgIpc) is 2.94. The molecule has 0 aliphatic carbocycles. The van der Waals surface area contributed by atoms with Crippen molar-refractivity contribution in [2.24, 2.45) is 0 Å². The van der Waals surface area contributed by atoms with Crippen LogP contribution in [0.5, 0.6) is 0 Å². The van der Waals surface area contributed by atoms with Crippen molar-refractivity contribution in [2.45, 2.75) is 63.5 Å². The highest BCUT2D eigenvalue weighted by Crippen LogP contribution is 2.27. The molecule has 7 nitrogen and oxygen atoms in total. The molecule has 1 unspecified atom stereocenters. The smallest absolute Gasteiger partial charge is 0.225 e. The Kier molecular flexibility index (Phi) is 5.55. The van der Waals surface area contributed by atoms with E-state index in [0.717, 1.165) is 83.1 Å². The van der Waals surface area contributed by atoms with Crippen LogP contribution in [0.2, 0.25) is 0 Å². The Morgan fingerprint density at radius 1 is 1.08 bits per heavy atom.